The lowest BCUT2D eigenvalue weighted by Gasteiger charge is -2.14. The molecule has 7 nitrogen and oxygen atoms in total. The van der Waals surface area contributed by atoms with Crippen LogP contribution in [0, 0.1) is 6.92 Å². The first-order chi connectivity index (χ1) is 12.5. The van der Waals surface area contributed by atoms with Gasteiger partial charge in [0.15, 0.2) is 0 Å². The van der Waals surface area contributed by atoms with E-state index in [0.29, 0.717) is 18.9 Å². The van der Waals surface area contributed by atoms with Crippen LogP contribution in [-0.4, -0.2) is 50.2 Å². The molecule has 1 aromatic carbocycles. The smallest absolute Gasteiger partial charge is 0.244 e. The number of anilines is 2. The molecule has 0 aliphatic carbocycles. The van der Waals surface area contributed by atoms with Crippen molar-refractivity contribution in [3.63, 3.8) is 0 Å². The third kappa shape index (κ3) is 6.08. The number of carbonyl (C=O) groups excluding carboxylic acids is 1. The molecule has 2 N–H and O–H groups in total. The summed E-state index contributed by atoms with van der Waals surface area (Å²) < 4.78 is 5.10. The highest BCUT2D eigenvalue weighted by molar-refractivity contribution is 5.91. The van der Waals surface area contributed by atoms with Crippen molar-refractivity contribution in [2.24, 2.45) is 0 Å². The van der Waals surface area contributed by atoms with Gasteiger partial charge in [0.05, 0.1) is 7.11 Å². The van der Waals surface area contributed by atoms with Gasteiger partial charge >= 0.3 is 0 Å². The van der Waals surface area contributed by atoms with Gasteiger partial charge in [-0.15, -0.1) is 0 Å². The third-order valence-corrected chi connectivity index (χ3v) is 3.56. The molecule has 0 atom stereocenters. The molecule has 0 aliphatic heterocycles. The molecular weight excluding hydrogens is 330 g/mol. The van der Waals surface area contributed by atoms with Gasteiger partial charge in [0.2, 0.25) is 5.91 Å². The van der Waals surface area contributed by atoms with Gasteiger partial charge in [-0.05, 0) is 30.7 Å². The molecule has 138 valence electrons. The van der Waals surface area contributed by atoms with Gasteiger partial charge in [-0.2, -0.15) is 0 Å². The largest absolute Gasteiger partial charge is 0.497 e. The number of nitrogens with one attached hydrogen (secondary N) is 2. The van der Waals surface area contributed by atoms with Crippen LogP contribution in [0.25, 0.3) is 6.08 Å². The normalized spacial score (nSPS) is 10.6. The van der Waals surface area contributed by atoms with E-state index in [1.54, 1.807) is 13.2 Å². The van der Waals surface area contributed by atoms with Crippen LogP contribution in [0.4, 0.5) is 11.6 Å². The lowest BCUT2D eigenvalue weighted by Crippen LogP contribution is -2.27. The van der Waals surface area contributed by atoms with Crippen molar-refractivity contribution < 1.29 is 9.53 Å². The molecule has 0 fully saturated rings. The number of methoxy groups -OCH3 is 1. The van der Waals surface area contributed by atoms with Crippen molar-refractivity contribution in [3.05, 3.63) is 47.8 Å². The van der Waals surface area contributed by atoms with Crippen molar-refractivity contribution in [1.82, 2.24) is 15.3 Å². The molecule has 1 aromatic heterocycles. The predicted octanol–water partition coefficient (Wildman–Crippen LogP) is 2.10. The van der Waals surface area contributed by atoms with Crippen LogP contribution in [0.2, 0.25) is 0 Å². The van der Waals surface area contributed by atoms with E-state index in [1.165, 1.54) is 6.08 Å². The van der Waals surface area contributed by atoms with Gasteiger partial charge in [0.25, 0.3) is 0 Å². The number of hydrogen-bond acceptors (Lipinski definition) is 6. The number of amides is 1. The molecule has 0 bridgehead atoms. The standard InChI is InChI=1S/C19H25N5O2/c1-14-22-17(13-18(23-14)24(2)3)20-11-12-21-19(25)10-7-15-5-8-16(26-4)9-6-15/h5-10,13H,11-12H2,1-4H3,(H,21,25)(H,20,22,23)/b10-7+. The second-order valence-electron chi connectivity index (χ2n) is 5.88. The molecule has 0 saturated heterocycles. The number of aromatic nitrogens is 2. The van der Waals surface area contributed by atoms with E-state index in [0.717, 1.165) is 22.9 Å². The summed E-state index contributed by atoms with van der Waals surface area (Å²) in [5, 5.41) is 6.02. The molecule has 2 aromatic rings. The molecule has 2 rings (SSSR count). The quantitative estimate of drug-likeness (QED) is 0.558. The number of aryl methyl sites for hydroxylation is 1. The molecular formula is C19H25N5O2. The summed E-state index contributed by atoms with van der Waals surface area (Å²) in [5.74, 6) is 2.92. The number of nitrogens with zero attached hydrogens (tertiary/aromatic N) is 3. The second kappa shape index (κ2) is 9.41. The molecule has 0 saturated carbocycles. The Morgan fingerprint density at radius 1 is 1.19 bits per heavy atom. The molecule has 0 aliphatic rings. The minimum Gasteiger partial charge on any atom is -0.497 e. The summed E-state index contributed by atoms with van der Waals surface area (Å²) in [4.78, 5) is 22.5. The molecule has 0 unspecified atom stereocenters. The summed E-state index contributed by atoms with van der Waals surface area (Å²) in [6.45, 7) is 2.92. The fourth-order valence-corrected chi connectivity index (χ4v) is 2.19. The van der Waals surface area contributed by atoms with Gasteiger partial charge in [-0.1, -0.05) is 12.1 Å². The average Bonchev–Trinajstić information content (AvgIpc) is 2.63. The summed E-state index contributed by atoms with van der Waals surface area (Å²) in [6, 6.07) is 9.37. The van der Waals surface area contributed by atoms with Crippen molar-refractivity contribution in [2.75, 3.05) is 44.5 Å². The Bertz CT molecular complexity index is 757. The first-order valence-electron chi connectivity index (χ1n) is 8.35. The zero-order chi connectivity index (χ0) is 18.9. The molecule has 26 heavy (non-hydrogen) atoms. The van der Waals surface area contributed by atoms with Gasteiger partial charge in [0, 0.05) is 39.3 Å². The number of hydrogen-bond donors (Lipinski definition) is 2. The van der Waals surface area contributed by atoms with Crippen molar-refractivity contribution in [3.8, 4) is 5.75 Å². The van der Waals surface area contributed by atoms with Crippen LogP contribution in [0.5, 0.6) is 5.75 Å². The Hall–Kier alpha value is -3.09. The highest BCUT2D eigenvalue weighted by Gasteiger charge is 2.03. The van der Waals surface area contributed by atoms with E-state index in [9.17, 15) is 4.79 Å². The summed E-state index contributed by atoms with van der Waals surface area (Å²) >= 11 is 0. The lowest BCUT2D eigenvalue weighted by atomic mass is 10.2. The Labute approximate surface area is 154 Å². The molecule has 0 radical (unpaired) electrons. The van der Waals surface area contributed by atoms with Crippen molar-refractivity contribution >= 4 is 23.6 Å². The summed E-state index contributed by atoms with van der Waals surface area (Å²) in [7, 11) is 5.48. The maximum Gasteiger partial charge on any atom is 0.244 e. The Morgan fingerprint density at radius 2 is 1.92 bits per heavy atom. The first kappa shape index (κ1) is 19.2. The van der Waals surface area contributed by atoms with Gasteiger partial charge < -0.3 is 20.3 Å². The lowest BCUT2D eigenvalue weighted by molar-refractivity contribution is -0.116. The predicted molar refractivity (Wildman–Crippen MR) is 105 cm³/mol. The second-order valence-corrected chi connectivity index (χ2v) is 5.88. The van der Waals surface area contributed by atoms with Crippen LogP contribution < -0.4 is 20.3 Å². The summed E-state index contributed by atoms with van der Waals surface area (Å²) in [6.07, 6.45) is 3.28. The number of benzene rings is 1. The number of rotatable bonds is 8. The minimum absolute atomic E-state index is 0.143. The highest BCUT2D eigenvalue weighted by Crippen LogP contribution is 2.13. The SMILES string of the molecule is COc1ccc(/C=C/C(=O)NCCNc2cc(N(C)C)nc(C)n2)cc1. The average molecular weight is 355 g/mol. The molecule has 1 heterocycles. The van der Waals surface area contributed by atoms with Crippen LogP contribution in [0.15, 0.2) is 36.4 Å². The third-order valence-electron chi connectivity index (χ3n) is 3.56. The zero-order valence-electron chi connectivity index (χ0n) is 15.6. The summed E-state index contributed by atoms with van der Waals surface area (Å²) in [5.41, 5.74) is 0.937. The molecule has 7 heteroatoms. The Balaban J connectivity index is 1.77. The molecule has 0 spiro atoms. The fourth-order valence-electron chi connectivity index (χ4n) is 2.19. The van der Waals surface area contributed by atoms with Crippen molar-refractivity contribution in [1.29, 1.82) is 0 Å². The van der Waals surface area contributed by atoms with E-state index >= 15 is 0 Å². The van der Waals surface area contributed by atoms with E-state index in [4.69, 9.17) is 4.74 Å². The first-order valence-corrected chi connectivity index (χ1v) is 8.35. The fraction of sp³-hybridized carbons (Fsp3) is 0.316. The van der Waals surface area contributed by atoms with Crippen molar-refractivity contribution in [2.45, 2.75) is 6.92 Å². The zero-order valence-corrected chi connectivity index (χ0v) is 15.6. The van der Waals surface area contributed by atoms with Gasteiger partial charge in [-0.3, -0.25) is 4.79 Å². The van der Waals surface area contributed by atoms with Gasteiger partial charge in [0.1, 0.15) is 23.2 Å². The Morgan fingerprint density at radius 3 is 2.58 bits per heavy atom. The van der Waals surface area contributed by atoms with E-state index in [2.05, 4.69) is 20.6 Å². The Kier molecular flexibility index (Phi) is 6.96. The van der Waals surface area contributed by atoms with Crippen LogP contribution in [0.3, 0.4) is 0 Å². The topological polar surface area (TPSA) is 79.4 Å². The van der Waals surface area contributed by atoms with Crippen LogP contribution >= 0.6 is 0 Å². The number of carbonyl (C=O) groups is 1. The van der Waals surface area contributed by atoms with E-state index < -0.39 is 0 Å². The monoisotopic (exact) mass is 355 g/mol. The number of ether oxygens (including phenoxy) is 1. The molecule has 1 amide bonds. The van der Waals surface area contributed by atoms with Gasteiger partial charge in [-0.25, -0.2) is 9.97 Å². The maximum atomic E-state index is 11.9. The minimum atomic E-state index is -0.143. The van der Waals surface area contributed by atoms with E-state index in [1.807, 2.05) is 56.3 Å². The van der Waals surface area contributed by atoms with Crippen LogP contribution in [-0.2, 0) is 4.79 Å². The maximum absolute atomic E-state index is 11.9. The van der Waals surface area contributed by atoms with Crippen LogP contribution in [0.1, 0.15) is 11.4 Å². The van der Waals surface area contributed by atoms with E-state index in [-0.39, 0.29) is 5.91 Å². The highest BCUT2D eigenvalue weighted by atomic mass is 16.5.